The van der Waals surface area contributed by atoms with Crippen molar-refractivity contribution >= 4 is 29.6 Å². The Morgan fingerprint density at radius 1 is 1.08 bits per heavy atom. The number of ether oxygens (including phenoxy) is 3. The lowest BCUT2D eigenvalue weighted by molar-refractivity contribution is -0.147. The number of likely N-dealkylation sites (N-methyl/N-ethyl adjacent to an activating group) is 2. The van der Waals surface area contributed by atoms with Crippen molar-refractivity contribution in [3.05, 3.63) is 18.2 Å². The topological polar surface area (TPSA) is 184 Å². The molecule has 0 aliphatic carbocycles. The summed E-state index contributed by atoms with van der Waals surface area (Å²) in [5, 5.41) is 8.32. The number of imide groups is 1. The number of rotatable bonds is 20. The standard InChI is InChI=1S/C36H63N7O8/c1-13-22(4)30(42(9)29(21(2)3)33(46)41-35(48)36(6,7)37-8)27(49-10)18-28(44)43-16-14-15-26(43)31(50-11)23(5)32(45)40-25(34(47)51-12)17-24-19-38-20-39-24/h19-23,25-27,29-31,37H,13-18H2,1-12H3,(H,38,39)(H,40,45)(H,41,46,48)/t22-,23+,25-,26-,27+,29-,30-,31+/m0/s1. The molecule has 51 heavy (non-hydrogen) atoms. The van der Waals surface area contributed by atoms with E-state index >= 15 is 0 Å². The molecule has 1 aromatic heterocycles. The third kappa shape index (κ3) is 11.3. The minimum absolute atomic E-state index is 0.0283. The molecule has 1 saturated heterocycles. The van der Waals surface area contributed by atoms with E-state index in [9.17, 15) is 24.0 Å². The van der Waals surface area contributed by atoms with Gasteiger partial charge >= 0.3 is 5.97 Å². The van der Waals surface area contributed by atoms with Crippen molar-refractivity contribution in [2.24, 2.45) is 17.8 Å². The van der Waals surface area contributed by atoms with Crippen LogP contribution in [0.1, 0.15) is 79.8 Å². The second kappa shape index (κ2) is 20.0. The van der Waals surface area contributed by atoms with Gasteiger partial charge in [-0.05, 0) is 52.6 Å². The Kier molecular flexibility index (Phi) is 17.2. The van der Waals surface area contributed by atoms with Crippen LogP contribution in [0.25, 0.3) is 0 Å². The number of H-pyrrole nitrogens is 1. The first-order valence-electron chi connectivity index (χ1n) is 18.0. The zero-order chi connectivity index (χ0) is 38.6. The van der Waals surface area contributed by atoms with E-state index in [1.807, 2.05) is 25.8 Å². The molecule has 1 aliphatic heterocycles. The molecule has 0 spiro atoms. The summed E-state index contributed by atoms with van der Waals surface area (Å²) in [7, 11) is 7.86. The van der Waals surface area contributed by atoms with Crippen LogP contribution in [0.4, 0.5) is 0 Å². The fraction of sp³-hybridized carbons (Fsp3) is 0.778. The number of carbonyl (C=O) groups is 5. The molecule has 15 heteroatoms. The molecule has 0 aromatic carbocycles. The van der Waals surface area contributed by atoms with Gasteiger partial charge in [-0.15, -0.1) is 0 Å². The number of nitrogens with one attached hydrogen (secondary N) is 4. The van der Waals surface area contributed by atoms with Gasteiger partial charge < -0.3 is 34.7 Å². The Morgan fingerprint density at radius 3 is 2.25 bits per heavy atom. The summed E-state index contributed by atoms with van der Waals surface area (Å²) < 4.78 is 16.9. The van der Waals surface area contributed by atoms with E-state index < -0.39 is 59.4 Å². The molecule has 8 atom stereocenters. The van der Waals surface area contributed by atoms with Gasteiger partial charge in [0.05, 0.1) is 55.6 Å². The maximum Gasteiger partial charge on any atom is 0.328 e. The van der Waals surface area contributed by atoms with Gasteiger partial charge in [-0.1, -0.05) is 41.0 Å². The first-order valence-corrected chi connectivity index (χ1v) is 18.0. The second-order valence-corrected chi connectivity index (χ2v) is 14.6. The minimum Gasteiger partial charge on any atom is -0.467 e. The van der Waals surface area contributed by atoms with E-state index in [0.29, 0.717) is 18.7 Å². The van der Waals surface area contributed by atoms with Crippen molar-refractivity contribution in [1.29, 1.82) is 0 Å². The molecule has 0 radical (unpaired) electrons. The summed E-state index contributed by atoms with van der Waals surface area (Å²) in [6.07, 6.45) is 4.18. The molecule has 2 heterocycles. The van der Waals surface area contributed by atoms with Crippen LogP contribution in [0.15, 0.2) is 12.5 Å². The van der Waals surface area contributed by atoms with Gasteiger partial charge in [-0.25, -0.2) is 9.78 Å². The van der Waals surface area contributed by atoms with Crippen molar-refractivity contribution in [3.63, 3.8) is 0 Å². The van der Waals surface area contributed by atoms with Crippen LogP contribution in [-0.4, -0.2) is 133 Å². The molecule has 0 bridgehead atoms. The van der Waals surface area contributed by atoms with Crippen molar-refractivity contribution in [2.75, 3.05) is 42.0 Å². The Labute approximate surface area is 303 Å². The summed E-state index contributed by atoms with van der Waals surface area (Å²) >= 11 is 0. The summed E-state index contributed by atoms with van der Waals surface area (Å²) in [6.45, 7) is 13.6. The number of hydrogen-bond acceptors (Lipinski definition) is 11. The number of aromatic nitrogens is 2. The average Bonchev–Trinajstić information content (AvgIpc) is 3.80. The smallest absolute Gasteiger partial charge is 0.328 e. The number of likely N-dealkylation sites (tertiary alicyclic amines) is 1. The Balaban J connectivity index is 2.28. The third-order valence-corrected chi connectivity index (χ3v) is 10.5. The van der Waals surface area contributed by atoms with Crippen molar-refractivity contribution in [1.82, 2.24) is 35.7 Å². The monoisotopic (exact) mass is 721 g/mol. The molecule has 1 fully saturated rings. The lowest BCUT2D eigenvalue weighted by Gasteiger charge is -2.43. The molecular weight excluding hydrogens is 658 g/mol. The molecule has 15 nitrogen and oxygen atoms in total. The van der Waals surface area contributed by atoms with E-state index in [1.165, 1.54) is 20.5 Å². The maximum atomic E-state index is 14.2. The number of methoxy groups -OCH3 is 3. The van der Waals surface area contributed by atoms with Gasteiger partial charge in [0.25, 0.3) is 0 Å². The molecule has 1 aliphatic rings. The van der Waals surface area contributed by atoms with Gasteiger partial charge in [0, 0.05) is 45.1 Å². The molecule has 0 unspecified atom stereocenters. The van der Waals surface area contributed by atoms with E-state index in [-0.39, 0.29) is 42.7 Å². The van der Waals surface area contributed by atoms with E-state index in [2.05, 4.69) is 39.8 Å². The van der Waals surface area contributed by atoms with Gasteiger partial charge in [-0.3, -0.25) is 29.4 Å². The fourth-order valence-electron chi connectivity index (χ4n) is 7.05. The van der Waals surface area contributed by atoms with Crippen molar-refractivity contribution in [3.8, 4) is 0 Å². The highest BCUT2D eigenvalue weighted by molar-refractivity contribution is 6.01. The van der Waals surface area contributed by atoms with E-state index in [4.69, 9.17) is 14.2 Å². The van der Waals surface area contributed by atoms with Gasteiger partial charge in [-0.2, -0.15) is 0 Å². The average molecular weight is 722 g/mol. The van der Waals surface area contributed by atoms with Crippen LogP contribution in [0.5, 0.6) is 0 Å². The van der Waals surface area contributed by atoms with Crippen LogP contribution in [0.3, 0.4) is 0 Å². The number of imidazole rings is 1. The summed E-state index contributed by atoms with van der Waals surface area (Å²) in [5.74, 6) is -2.82. The second-order valence-electron chi connectivity index (χ2n) is 14.6. The van der Waals surface area contributed by atoms with Crippen LogP contribution >= 0.6 is 0 Å². The maximum absolute atomic E-state index is 14.2. The number of nitrogens with zero attached hydrogens (tertiary/aromatic N) is 3. The van der Waals surface area contributed by atoms with Crippen LogP contribution in [0.2, 0.25) is 0 Å². The number of carbonyl (C=O) groups excluding carboxylic acids is 5. The molecule has 2 rings (SSSR count). The van der Waals surface area contributed by atoms with Crippen LogP contribution < -0.4 is 16.0 Å². The highest BCUT2D eigenvalue weighted by atomic mass is 16.5. The van der Waals surface area contributed by atoms with Gasteiger partial charge in [0.15, 0.2) is 0 Å². The third-order valence-electron chi connectivity index (χ3n) is 10.5. The molecule has 290 valence electrons. The SMILES string of the molecule is CC[C@H](C)[C@@H]([C@@H](CC(=O)N1CCC[C@H]1[C@H](OC)[C@@H](C)C(=O)N[C@@H](Cc1cnc[nH]1)C(=O)OC)OC)N(C)[C@H](C(=O)NC(=O)C(C)(C)NC)C(C)C. The number of hydrogen-bond donors (Lipinski definition) is 4. The predicted octanol–water partition coefficient (Wildman–Crippen LogP) is 1.67. The molecule has 4 amide bonds. The molecular formula is C36H63N7O8. The largest absolute Gasteiger partial charge is 0.467 e. The molecule has 0 saturated carbocycles. The van der Waals surface area contributed by atoms with E-state index in [0.717, 1.165) is 12.8 Å². The Morgan fingerprint density at radius 2 is 1.75 bits per heavy atom. The van der Waals surface area contributed by atoms with Crippen LogP contribution in [0, 0.1) is 17.8 Å². The minimum atomic E-state index is -0.943. The Hall–Kier alpha value is -3.40. The summed E-state index contributed by atoms with van der Waals surface area (Å²) in [4.78, 5) is 77.4. The van der Waals surface area contributed by atoms with Crippen molar-refractivity contribution < 1.29 is 38.2 Å². The number of esters is 1. The molecule has 4 N–H and O–H groups in total. The first-order chi connectivity index (χ1) is 24.0. The summed E-state index contributed by atoms with van der Waals surface area (Å²) in [5.41, 5.74) is -0.281. The summed E-state index contributed by atoms with van der Waals surface area (Å²) in [6, 6.07) is -2.35. The zero-order valence-corrected chi connectivity index (χ0v) is 32.7. The van der Waals surface area contributed by atoms with Gasteiger partial charge in [0.1, 0.15) is 6.04 Å². The highest BCUT2D eigenvalue weighted by Crippen LogP contribution is 2.30. The fourth-order valence-corrected chi connectivity index (χ4v) is 7.05. The van der Waals surface area contributed by atoms with E-state index in [1.54, 1.807) is 46.0 Å². The normalized spacial score (nSPS) is 19.2. The molecule has 1 aromatic rings. The van der Waals surface area contributed by atoms with Gasteiger partial charge in [0.2, 0.25) is 23.6 Å². The first kappa shape index (κ1) is 43.8. The van der Waals surface area contributed by atoms with Crippen molar-refractivity contribution in [2.45, 2.75) is 122 Å². The number of amides is 4. The zero-order valence-electron chi connectivity index (χ0n) is 32.7. The number of aromatic amines is 1. The van der Waals surface area contributed by atoms with Crippen LogP contribution in [-0.2, 0) is 44.6 Å². The lowest BCUT2D eigenvalue weighted by Crippen LogP contribution is -2.61. The quantitative estimate of drug-likeness (QED) is 0.144. The highest BCUT2D eigenvalue weighted by Gasteiger charge is 2.44. The predicted molar refractivity (Wildman–Crippen MR) is 192 cm³/mol. The Bertz CT molecular complexity index is 1290. The lowest BCUT2D eigenvalue weighted by atomic mass is 9.87.